The van der Waals surface area contributed by atoms with E-state index in [1.54, 1.807) is 48.5 Å². The smallest absolute Gasteiger partial charge is 0.346 e. The molecule has 2 aliphatic rings. The highest BCUT2D eigenvalue weighted by molar-refractivity contribution is 7.17. The van der Waals surface area contributed by atoms with Crippen molar-refractivity contribution < 1.29 is 66.8 Å². The third-order valence-electron chi connectivity index (χ3n) is 19.9. The Hall–Kier alpha value is -8.85. The zero-order chi connectivity index (χ0) is 69.2. The van der Waals surface area contributed by atoms with Gasteiger partial charge in [-0.15, -0.1) is 0 Å². The summed E-state index contributed by atoms with van der Waals surface area (Å²) < 4.78 is 34.0. The number of hydrogen-bond acceptors (Lipinski definition) is 14. The third-order valence-corrected chi connectivity index (χ3v) is 19.9. The van der Waals surface area contributed by atoms with Gasteiger partial charge in [0, 0.05) is 21.5 Å². The minimum atomic E-state index is -0.666. The van der Waals surface area contributed by atoms with E-state index in [0.29, 0.717) is 92.5 Å². The molecule has 498 valence electrons. The summed E-state index contributed by atoms with van der Waals surface area (Å²) in [7, 11) is 10.0. The second-order valence-electron chi connectivity index (χ2n) is 25.9. The maximum Gasteiger partial charge on any atom is 0.346 e. The van der Waals surface area contributed by atoms with Gasteiger partial charge in [-0.05, 0) is 170 Å². The molecule has 10 aromatic carbocycles. The average Bonchev–Trinajstić information content (AvgIpc) is 0.708. The number of cyclic esters (lactones) is 4. The molecule has 4 unspecified atom stereocenters. The molecule has 2 heterocycles. The SMILES string of the molecule is CCCCC(CC)COC(=O)c1ccc2c3ccc(C(=O)OCC(CC)CCCC)c4c(C(=O)OCC(CC)CCCC)ccc(c5ccc(C(=O)OCC(CC)CCCC)c1c25)c43.O=C1OC(=O)c2ccc3c4ccc5c6c(ccc(c7ccc1c2c73)c64)C(=O)OC5=O.[B][B][B-]. The normalized spacial score (nSPS) is 13.9. The van der Waals surface area contributed by atoms with Gasteiger partial charge in [0.2, 0.25) is 0 Å². The molecular formula is C80H84B3O14-. The van der Waals surface area contributed by atoms with Crippen molar-refractivity contribution >= 4 is 156 Å². The van der Waals surface area contributed by atoms with Gasteiger partial charge in [0.15, 0.2) is 0 Å². The summed E-state index contributed by atoms with van der Waals surface area (Å²) in [5.41, 5.74) is 2.60. The van der Waals surface area contributed by atoms with Crippen molar-refractivity contribution in [3.63, 3.8) is 0 Å². The number of benzene rings is 10. The highest BCUT2D eigenvalue weighted by Crippen LogP contribution is 2.48. The largest absolute Gasteiger partial charge is 0.690 e. The summed E-state index contributed by atoms with van der Waals surface area (Å²) in [5, 5.41) is 11.6. The molecule has 12 rings (SSSR count). The molecule has 0 N–H and O–H groups in total. The number of rotatable bonds is 28. The predicted molar refractivity (Wildman–Crippen MR) is 386 cm³/mol. The van der Waals surface area contributed by atoms with E-state index in [0.717, 1.165) is 174 Å². The van der Waals surface area contributed by atoms with E-state index >= 15 is 0 Å². The first-order valence-corrected chi connectivity index (χ1v) is 34.9. The Balaban J connectivity index is 0.000000252. The van der Waals surface area contributed by atoms with Gasteiger partial charge in [-0.3, -0.25) is 7.06 Å². The molecule has 0 aromatic heterocycles. The summed E-state index contributed by atoms with van der Waals surface area (Å²) in [6, 6.07) is 28.5. The van der Waals surface area contributed by atoms with Crippen molar-refractivity contribution in [2.75, 3.05) is 26.4 Å². The molecule has 97 heavy (non-hydrogen) atoms. The van der Waals surface area contributed by atoms with Crippen molar-refractivity contribution in [3.05, 3.63) is 142 Å². The molecule has 14 nitrogen and oxygen atoms in total. The van der Waals surface area contributed by atoms with E-state index in [4.69, 9.17) is 28.4 Å². The lowest BCUT2D eigenvalue weighted by Gasteiger charge is -2.22. The van der Waals surface area contributed by atoms with Crippen LogP contribution in [-0.4, -0.2) is 96.7 Å². The molecule has 0 amide bonds. The Morgan fingerprint density at radius 3 is 0.732 bits per heavy atom. The molecule has 10 aromatic rings. The van der Waals surface area contributed by atoms with Crippen LogP contribution in [0.2, 0.25) is 0 Å². The van der Waals surface area contributed by atoms with Gasteiger partial charge < -0.3 is 36.2 Å². The van der Waals surface area contributed by atoms with Crippen LogP contribution in [0.3, 0.4) is 0 Å². The Kier molecular flexibility index (Phi) is 23.4. The second-order valence-corrected chi connectivity index (χ2v) is 25.9. The van der Waals surface area contributed by atoms with E-state index in [-0.39, 0.29) is 23.7 Å². The van der Waals surface area contributed by atoms with Crippen LogP contribution in [0.15, 0.2) is 97.1 Å². The summed E-state index contributed by atoms with van der Waals surface area (Å²) in [5.74, 6) is -3.65. The molecule has 0 fully saturated rings. The van der Waals surface area contributed by atoms with Crippen LogP contribution in [0.5, 0.6) is 0 Å². The Bertz CT molecular complexity index is 4070. The fourth-order valence-corrected chi connectivity index (χ4v) is 14.2. The summed E-state index contributed by atoms with van der Waals surface area (Å²) in [6.07, 6.45) is 16.0. The summed E-state index contributed by atoms with van der Waals surface area (Å²) in [6.45, 7) is 18.3. The van der Waals surface area contributed by atoms with Gasteiger partial charge in [0.25, 0.3) is 0 Å². The Labute approximate surface area is 570 Å². The van der Waals surface area contributed by atoms with E-state index < -0.39 is 47.8 Å². The maximum atomic E-state index is 14.3. The number of ether oxygens (including phenoxy) is 6. The first-order valence-electron chi connectivity index (χ1n) is 34.9. The third kappa shape index (κ3) is 14.2. The van der Waals surface area contributed by atoms with Crippen molar-refractivity contribution in [2.24, 2.45) is 23.7 Å². The molecule has 0 saturated carbocycles. The van der Waals surface area contributed by atoms with Crippen LogP contribution in [0.1, 0.15) is 241 Å². The maximum absolute atomic E-state index is 14.3. The second kappa shape index (κ2) is 32.0. The van der Waals surface area contributed by atoms with E-state index in [9.17, 15) is 38.4 Å². The zero-order valence-electron chi connectivity index (χ0n) is 57.1. The number of unbranched alkanes of at least 4 members (excludes halogenated alkanes) is 4. The minimum absolute atomic E-state index is 0.238. The molecule has 17 heteroatoms. The Morgan fingerprint density at radius 2 is 0.536 bits per heavy atom. The van der Waals surface area contributed by atoms with Crippen LogP contribution in [0.25, 0.3) is 86.2 Å². The summed E-state index contributed by atoms with van der Waals surface area (Å²) >= 11 is 0. The molecule has 0 spiro atoms. The van der Waals surface area contributed by atoms with Crippen molar-refractivity contribution in [2.45, 2.75) is 158 Å². The van der Waals surface area contributed by atoms with E-state index in [1.807, 2.05) is 48.5 Å². The highest BCUT2D eigenvalue weighted by atomic mass is 16.6. The van der Waals surface area contributed by atoms with Crippen molar-refractivity contribution in [1.29, 1.82) is 0 Å². The Morgan fingerprint density at radius 1 is 0.340 bits per heavy atom. The first kappa shape index (κ1) is 70.9. The fourth-order valence-electron chi connectivity index (χ4n) is 14.2. The number of hydrogen-bond donors (Lipinski definition) is 0. The molecule has 0 saturated heterocycles. The average molecular weight is 1300 g/mol. The number of esters is 8. The first-order chi connectivity index (χ1) is 47.1. The lowest BCUT2D eigenvalue weighted by atomic mass is 9.40. The number of carbonyl (C=O) groups is 8. The van der Waals surface area contributed by atoms with Gasteiger partial charge in [-0.2, -0.15) is 0 Å². The lowest BCUT2D eigenvalue weighted by molar-refractivity contribution is 0.0373. The molecule has 0 bridgehead atoms. The predicted octanol–water partition coefficient (Wildman–Crippen LogP) is 18.4. The van der Waals surface area contributed by atoms with Crippen LogP contribution in [-0.2, 0) is 28.4 Å². The van der Waals surface area contributed by atoms with Crippen LogP contribution >= 0.6 is 0 Å². The highest BCUT2D eigenvalue weighted by Gasteiger charge is 2.34. The molecule has 2 aliphatic heterocycles. The lowest BCUT2D eigenvalue weighted by Crippen LogP contribution is -2.20. The standard InChI is InChI=1S/C56H76O8.C24H8O6.B3/c1-9-17-21-37(13-5)33-61-53(57)45-29-25-41-43-27-31-47(55(59)63-35-39(15-7)23-19-11-3)52-48(56(60)64-36-40(16-8)24-20-12-4)32-28-44(50(43)52)42-26-30-46(51(45)49(41)42)54(58)62-34-38(14-6)22-18-10-2;25-21-13-5-1-9-10-2-6-15-20-16(24(28)30-23(15)27)8-4-12(18(10)20)11-3-7-14(22(26)29-21)19(13)17(9)11;1-3-2/h25-32,37-40H,9-24,33-36H2,1-8H3;1-8H;/q;;-1. The van der Waals surface area contributed by atoms with Gasteiger partial charge >= 0.3 is 47.8 Å². The fraction of sp³-hybridized carbons (Fsp3) is 0.400. The molecule has 4 atom stereocenters. The quantitative estimate of drug-likeness (QED) is 0.0112. The van der Waals surface area contributed by atoms with Crippen molar-refractivity contribution in [3.8, 4) is 0 Å². The van der Waals surface area contributed by atoms with Gasteiger partial charge in [0.05, 0.1) is 70.9 Å². The molecular weight excluding hydrogens is 1220 g/mol. The van der Waals surface area contributed by atoms with Crippen LogP contribution in [0, 0.1) is 23.7 Å². The topological polar surface area (TPSA) is 192 Å². The van der Waals surface area contributed by atoms with Crippen LogP contribution in [0.4, 0.5) is 0 Å². The van der Waals surface area contributed by atoms with Gasteiger partial charge in [-0.1, -0.05) is 181 Å². The van der Waals surface area contributed by atoms with Crippen molar-refractivity contribution in [1.82, 2.24) is 0 Å². The molecule has 6 radical (unpaired) electrons. The van der Waals surface area contributed by atoms with E-state index in [1.165, 1.54) is 0 Å². The monoisotopic (exact) mass is 1300 g/mol. The zero-order valence-corrected chi connectivity index (χ0v) is 57.1. The molecule has 0 aliphatic carbocycles. The van der Waals surface area contributed by atoms with Gasteiger partial charge in [0.1, 0.15) is 0 Å². The van der Waals surface area contributed by atoms with Gasteiger partial charge in [-0.25, -0.2) is 38.4 Å². The number of carbonyl (C=O) groups excluding carboxylic acids is 8. The van der Waals surface area contributed by atoms with Crippen LogP contribution < -0.4 is 0 Å². The van der Waals surface area contributed by atoms with E-state index in [2.05, 4.69) is 70.9 Å². The number of fused-ring (bicyclic) bond motifs is 4. The summed E-state index contributed by atoms with van der Waals surface area (Å²) in [4.78, 5) is 106. The minimum Gasteiger partial charge on any atom is -0.690 e.